The summed E-state index contributed by atoms with van der Waals surface area (Å²) >= 11 is 5.43. The predicted octanol–water partition coefficient (Wildman–Crippen LogP) is 2.19. The summed E-state index contributed by atoms with van der Waals surface area (Å²) < 4.78 is 17.7. The van der Waals surface area contributed by atoms with E-state index in [9.17, 15) is 9.50 Å². The van der Waals surface area contributed by atoms with Crippen molar-refractivity contribution in [2.45, 2.75) is 12.5 Å². The summed E-state index contributed by atoms with van der Waals surface area (Å²) in [6.45, 7) is 0.179. The van der Waals surface area contributed by atoms with Gasteiger partial charge in [0.1, 0.15) is 18.2 Å². The first-order valence-corrected chi connectivity index (χ1v) is 4.88. The topological polar surface area (TPSA) is 29.5 Å². The van der Waals surface area contributed by atoms with Crippen molar-refractivity contribution in [1.82, 2.24) is 0 Å². The number of alkyl halides is 1. The van der Waals surface area contributed by atoms with E-state index in [1.807, 2.05) is 0 Å². The molecule has 14 heavy (non-hydrogen) atoms. The summed E-state index contributed by atoms with van der Waals surface area (Å²) in [5, 5.41) is 9.28. The zero-order valence-electron chi connectivity index (χ0n) is 7.62. The van der Waals surface area contributed by atoms with Crippen LogP contribution in [-0.4, -0.2) is 23.7 Å². The van der Waals surface area contributed by atoms with Gasteiger partial charge in [0.05, 0.1) is 6.10 Å². The second-order valence-electron chi connectivity index (χ2n) is 2.90. The lowest BCUT2D eigenvalue weighted by Gasteiger charge is -2.10. The summed E-state index contributed by atoms with van der Waals surface area (Å²) in [6, 6.07) is 5.65. The van der Waals surface area contributed by atoms with Crippen molar-refractivity contribution in [2.24, 2.45) is 0 Å². The van der Waals surface area contributed by atoms with Gasteiger partial charge in [-0.2, -0.15) is 0 Å². The molecule has 0 fully saturated rings. The van der Waals surface area contributed by atoms with E-state index >= 15 is 0 Å². The van der Waals surface area contributed by atoms with Crippen LogP contribution in [0.5, 0.6) is 5.75 Å². The van der Waals surface area contributed by atoms with Gasteiger partial charge in [0, 0.05) is 5.88 Å². The smallest absolute Gasteiger partial charge is 0.123 e. The molecule has 0 bridgehead atoms. The van der Waals surface area contributed by atoms with E-state index < -0.39 is 6.10 Å². The molecule has 0 saturated heterocycles. The Morgan fingerprint density at radius 2 is 2.00 bits per heavy atom. The van der Waals surface area contributed by atoms with E-state index in [1.165, 1.54) is 24.3 Å². The van der Waals surface area contributed by atoms with Crippen LogP contribution in [0.4, 0.5) is 4.39 Å². The molecule has 0 radical (unpaired) electrons. The lowest BCUT2D eigenvalue weighted by Crippen LogP contribution is -2.17. The molecule has 0 aliphatic heterocycles. The Bertz CT molecular complexity index is 263. The van der Waals surface area contributed by atoms with Gasteiger partial charge in [-0.1, -0.05) is 0 Å². The highest BCUT2D eigenvalue weighted by Crippen LogP contribution is 2.11. The second kappa shape index (κ2) is 5.83. The number of rotatable bonds is 5. The maximum atomic E-state index is 12.5. The Labute approximate surface area is 87.3 Å². The van der Waals surface area contributed by atoms with E-state index in [0.29, 0.717) is 18.1 Å². The summed E-state index contributed by atoms with van der Waals surface area (Å²) in [5.74, 6) is 0.632. The highest BCUT2D eigenvalue weighted by molar-refractivity contribution is 6.17. The number of aliphatic hydroxyl groups is 1. The van der Waals surface area contributed by atoms with Crippen LogP contribution in [0.1, 0.15) is 6.42 Å². The fourth-order valence-electron chi connectivity index (χ4n) is 0.933. The molecule has 1 N–H and O–H groups in total. The summed E-state index contributed by atoms with van der Waals surface area (Å²) in [5.41, 5.74) is 0. The minimum Gasteiger partial charge on any atom is -0.491 e. The Morgan fingerprint density at radius 1 is 1.36 bits per heavy atom. The van der Waals surface area contributed by atoms with Crippen molar-refractivity contribution < 1.29 is 14.2 Å². The largest absolute Gasteiger partial charge is 0.491 e. The molecule has 1 atom stereocenters. The van der Waals surface area contributed by atoms with Gasteiger partial charge in [-0.25, -0.2) is 4.39 Å². The average Bonchev–Trinajstić information content (AvgIpc) is 2.17. The average molecular weight is 219 g/mol. The molecule has 0 aromatic heterocycles. The molecule has 0 heterocycles. The summed E-state index contributed by atoms with van der Waals surface area (Å²) in [7, 11) is 0. The van der Waals surface area contributed by atoms with Crippen LogP contribution < -0.4 is 4.74 Å². The highest BCUT2D eigenvalue weighted by atomic mass is 35.5. The van der Waals surface area contributed by atoms with E-state index in [4.69, 9.17) is 16.3 Å². The normalized spacial score (nSPS) is 12.5. The van der Waals surface area contributed by atoms with Crippen LogP contribution in [0.25, 0.3) is 0 Å². The van der Waals surface area contributed by atoms with Crippen LogP contribution in [0.15, 0.2) is 24.3 Å². The summed E-state index contributed by atoms with van der Waals surface area (Å²) in [4.78, 5) is 0. The number of halogens is 2. The predicted molar refractivity (Wildman–Crippen MR) is 53.2 cm³/mol. The lowest BCUT2D eigenvalue weighted by atomic mass is 10.3. The Balaban J connectivity index is 2.34. The fraction of sp³-hybridized carbons (Fsp3) is 0.400. The highest BCUT2D eigenvalue weighted by Gasteiger charge is 2.03. The second-order valence-corrected chi connectivity index (χ2v) is 3.27. The van der Waals surface area contributed by atoms with Crippen molar-refractivity contribution in [1.29, 1.82) is 0 Å². The first-order valence-electron chi connectivity index (χ1n) is 4.35. The number of ether oxygens (including phenoxy) is 1. The molecular weight excluding hydrogens is 207 g/mol. The molecule has 4 heteroatoms. The number of hydrogen-bond acceptors (Lipinski definition) is 2. The standard InChI is InChI=1S/C10H12ClFO2/c11-6-5-9(13)7-14-10-3-1-8(12)2-4-10/h1-4,9,13H,5-7H2. The third-order valence-corrected chi connectivity index (χ3v) is 1.92. The lowest BCUT2D eigenvalue weighted by molar-refractivity contribution is 0.105. The van der Waals surface area contributed by atoms with Crippen molar-refractivity contribution in [2.75, 3.05) is 12.5 Å². The molecule has 0 spiro atoms. The van der Waals surface area contributed by atoms with Gasteiger partial charge >= 0.3 is 0 Å². The molecule has 1 aromatic rings. The van der Waals surface area contributed by atoms with Gasteiger partial charge in [0.15, 0.2) is 0 Å². The molecule has 78 valence electrons. The van der Waals surface area contributed by atoms with Crippen LogP contribution in [0.2, 0.25) is 0 Å². The molecule has 1 aromatic carbocycles. The van der Waals surface area contributed by atoms with Gasteiger partial charge in [-0.15, -0.1) is 11.6 Å². The van der Waals surface area contributed by atoms with Gasteiger partial charge in [-0.3, -0.25) is 0 Å². The van der Waals surface area contributed by atoms with E-state index in [0.717, 1.165) is 0 Å². The van der Waals surface area contributed by atoms with E-state index in [1.54, 1.807) is 0 Å². The van der Waals surface area contributed by atoms with Gasteiger partial charge < -0.3 is 9.84 Å². The Hall–Kier alpha value is -0.800. The minimum absolute atomic E-state index is 0.179. The van der Waals surface area contributed by atoms with Crippen molar-refractivity contribution >= 4 is 11.6 Å². The van der Waals surface area contributed by atoms with Gasteiger partial charge in [0.25, 0.3) is 0 Å². The van der Waals surface area contributed by atoms with Crippen LogP contribution in [-0.2, 0) is 0 Å². The molecule has 0 aliphatic rings. The van der Waals surface area contributed by atoms with Crippen molar-refractivity contribution in [3.8, 4) is 5.75 Å². The molecule has 0 amide bonds. The van der Waals surface area contributed by atoms with Crippen LogP contribution in [0.3, 0.4) is 0 Å². The molecule has 1 rings (SSSR count). The maximum absolute atomic E-state index is 12.5. The Morgan fingerprint density at radius 3 is 2.57 bits per heavy atom. The first kappa shape index (κ1) is 11.3. The maximum Gasteiger partial charge on any atom is 0.123 e. The number of benzene rings is 1. The third kappa shape index (κ3) is 3.94. The molecule has 0 saturated carbocycles. The Kier molecular flexibility index (Phi) is 4.70. The van der Waals surface area contributed by atoms with Gasteiger partial charge in [-0.05, 0) is 30.7 Å². The van der Waals surface area contributed by atoms with Crippen LogP contribution in [0, 0.1) is 5.82 Å². The van der Waals surface area contributed by atoms with E-state index in [-0.39, 0.29) is 12.4 Å². The van der Waals surface area contributed by atoms with Crippen molar-refractivity contribution in [3.63, 3.8) is 0 Å². The number of hydrogen-bond donors (Lipinski definition) is 1. The fourth-order valence-corrected chi connectivity index (χ4v) is 1.18. The monoisotopic (exact) mass is 218 g/mol. The molecule has 2 nitrogen and oxygen atoms in total. The zero-order valence-corrected chi connectivity index (χ0v) is 8.38. The molecule has 0 aliphatic carbocycles. The zero-order chi connectivity index (χ0) is 10.4. The van der Waals surface area contributed by atoms with Crippen molar-refractivity contribution in [3.05, 3.63) is 30.1 Å². The summed E-state index contributed by atoms with van der Waals surface area (Å²) in [6.07, 6.45) is -0.0829. The minimum atomic E-state index is -0.572. The number of aliphatic hydroxyl groups excluding tert-OH is 1. The SMILES string of the molecule is OC(CCCl)COc1ccc(F)cc1. The first-order chi connectivity index (χ1) is 6.72. The molecular formula is C10H12ClFO2. The van der Waals surface area contributed by atoms with Crippen LogP contribution >= 0.6 is 11.6 Å². The van der Waals surface area contributed by atoms with E-state index in [2.05, 4.69) is 0 Å². The third-order valence-electron chi connectivity index (χ3n) is 1.70. The van der Waals surface area contributed by atoms with Gasteiger partial charge in [0.2, 0.25) is 0 Å². The molecule has 1 unspecified atom stereocenters. The quantitative estimate of drug-likeness (QED) is 0.768.